The minimum Gasteiger partial charge on any atom is -0.401 e. The zero-order chi connectivity index (χ0) is 13.8. The van der Waals surface area contributed by atoms with Crippen LogP contribution in [0.3, 0.4) is 0 Å². The number of benzene rings is 1. The van der Waals surface area contributed by atoms with Crippen molar-refractivity contribution in [3.8, 4) is 0 Å². The highest BCUT2D eigenvalue weighted by Gasteiger charge is 2.10. The van der Waals surface area contributed by atoms with E-state index in [4.69, 9.17) is 4.42 Å². The van der Waals surface area contributed by atoms with Gasteiger partial charge in [-0.25, -0.2) is 0 Å². The molecule has 0 fully saturated rings. The lowest BCUT2D eigenvalue weighted by Crippen LogP contribution is -1.91. The van der Waals surface area contributed by atoms with Crippen molar-refractivity contribution in [2.75, 3.05) is 0 Å². The topological polar surface area (TPSA) is 73.3 Å². The van der Waals surface area contributed by atoms with Crippen LogP contribution in [0.1, 0.15) is 21.7 Å². The van der Waals surface area contributed by atoms with Crippen molar-refractivity contribution in [2.24, 2.45) is 0 Å². The molecule has 5 nitrogen and oxygen atoms in total. The standard InChI is InChI=1S/C13H8BrNO4/c14-13(16)11-4-2-1-3-9(11)5-6-10-7-8-12(19-10)15(17)18/h1-8H. The van der Waals surface area contributed by atoms with Crippen molar-refractivity contribution in [3.05, 3.63) is 63.4 Å². The first-order chi connectivity index (χ1) is 9.08. The van der Waals surface area contributed by atoms with Gasteiger partial charge >= 0.3 is 5.88 Å². The smallest absolute Gasteiger partial charge is 0.401 e. The quantitative estimate of drug-likeness (QED) is 0.486. The lowest BCUT2D eigenvalue weighted by atomic mass is 10.1. The molecule has 0 saturated carbocycles. The van der Waals surface area contributed by atoms with E-state index in [9.17, 15) is 14.9 Å². The van der Waals surface area contributed by atoms with Crippen LogP contribution in [0.5, 0.6) is 0 Å². The van der Waals surface area contributed by atoms with E-state index in [0.29, 0.717) is 16.9 Å². The summed E-state index contributed by atoms with van der Waals surface area (Å²) in [4.78, 5) is 21.2. The summed E-state index contributed by atoms with van der Waals surface area (Å²) in [5.41, 5.74) is 1.21. The monoisotopic (exact) mass is 321 g/mol. The van der Waals surface area contributed by atoms with E-state index in [1.54, 1.807) is 36.4 Å². The highest BCUT2D eigenvalue weighted by Crippen LogP contribution is 2.19. The third kappa shape index (κ3) is 3.17. The normalized spacial score (nSPS) is 10.8. The Hall–Kier alpha value is -2.21. The van der Waals surface area contributed by atoms with E-state index in [2.05, 4.69) is 15.9 Å². The molecule has 1 aromatic carbocycles. The molecule has 96 valence electrons. The first-order valence-electron chi connectivity index (χ1n) is 5.29. The van der Waals surface area contributed by atoms with Gasteiger partial charge < -0.3 is 4.42 Å². The van der Waals surface area contributed by atoms with Gasteiger partial charge in [0.15, 0.2) is 0 Å². The van der Waals surface area contributed by atoms with Gasteiger partial charge in [-0.3, -0.25) is 14.9 Å². The maximum absolute atomic E-state index is 11.3. The number of nitro groups is 1. The van der Waals surface area contributed by atoms with Crippen molar-refractivity contribution in [2.45, 2.75) is 0 Å². The van der Waals surface area contributed by atoms with Crippen LogP contribution in [0.4, 0.5) is 5.88 Å². The molecule has 0 aliphatic carbocycles. The molecule has 0 atom stereocenters. The Morgan fingerprint density at radius 3 is 2.58 bits per heavy atom. The summed E-state index contributed by atoms with van der Waals surface area (Å²) < 4.78 is 4.76. The van der Waals surface area contributed by atoms with E-state index in [0.717, 1.165) is 0 Å². The summed E-state index contributed by atoms with van der Waals surface area (Å²) in [6.07, 6.45) is 3.23. The van der Waals surface area contributed by atoms with Crippen LogP contribution in [0.2, 0.25) is 0 Å². The van der Waals surface area contributed by atoms with Crippen LogP contribution in [-0.2, 0) is 0 Å². The van der Waals surface area contributed by atoms with Crippen molar-refractivity contribution >= 4 is 38.7 Å². The highest BCUT2D eigenvalue weighted by atomic mass is 79.9. The van der Waals surface area contributed by atoms with Crippen LogP contribution in [-0.4, -0.2) is 9.62 Å². The number of halogens is 1. The number of hydrogen-bond donors (Lipinski definition) is 0. The van der Waals surface area contributed by atoms with Crippen molar-refractivity contribution < 1.29 is 14.1 Å². The molecule has 0 unspecified atom stereocenters. The highest BCUT2D eigenvalue weighted by molar-refractivity contribution is 9.18. The van der Waals surface area contributed by atoms with Crippen molar-refractivity contribution in [1.82, 2.24) is 0 Å². The van der Waals surface area contributed by atoms with Crippen molar-refractivity contribution in [1.29, 1.82) is 0 Å². The van der Waals surface area contributed by atoms with Crippen LogP contribution < -0.4 is 0 Å². The lowest BCUT2D eigenvalue weighted by molar-refractivity contribution is -0.402. The second-order valence-corrected chi connectivity index (χ2v) is 4.35. The number of hydrogen-bond acceptors (Lipinski definition) is 4. The predicted molar refractivity (Wildman–Crippen MR) is 74.0 cm³/mol. The van der Waals surface area contributed by atoms with Crippen molar-refractivity contribution in [3.63, 3.8) is 0 Å². The SMILES string of the molecule is O=C(Br)c1ccccc1C=Cc1ccc([N+](=O)[O-])o1. The molecule has 19 heavy (non-hydrogen) atoms. The molecule has 1 aromatic heterocycles. The van der Waals surface area contributed by atoms with E-state index in [1.807, 2.05) is 0 Å². The molecule has 0 aliphatic rings. The second-order valence-electron chi connectivity index (χ2n) is 3.63. The molecule has 0 amide bonds. The number of carbonyl (C=O) groups excluding carboxylic acids is 1. The summed E-state index contributed by atoms with van der Waals surface area (Å²) in [7, 11) is 0. The summed E-state index contributed by atoms with van der Waals surface area (Å²) in [5.74, 6) is 0.0352. The molecule has 0 spiro atoms. The lowest BCUT2D eigenvalue weighted by Gasteiger charge is -1.99. The number of furan rings is 1. The maximum Gasteiger partial charge on any atom is 0.433 e. The average Bonchev–Trinajstić information content (AvgIpc) is 2.85. The van der Waals surface area contributed by atoms with Crippen LogP contribution >= 0.6 is 15.9 Å². The summed E-state index contributed by atoms with van der Waals surface area (Å²) in [6.45, 7) is 0. The number of carbonyl (C=O) groups is 1. The fourth-order valence-corrected chi connectivity index (χ4v) is 1.88. The molecule has 0 N–H and O–H groups in total. The number of nitrogens with zero attached hydrogens (tertiary/aromatic N) is 1. The Kier molecular flexibility index (Phi) is 3.91. The molecule has 2 rings (SSSR count). The summed E-state index contributed by atoms with van der Waals surface area (Å²) in [6, 6.07) is 9.77. The van der Waals surface area contributed by atoms with Crippen LogP contribution in [0.25, 0.3) is 12.2 Å². The van der Waals surface area contributed by atoms with Gasteiger partial charge in [0.2, 0.25) is 4.69 Å². The zero-order valence-corrected chi connectivity index (χ0v) is 11.2. The fourth-order valence-electron chi connectivity index (χ4n) is 1.52. The Morgan fingerprint density at radius 2 is 1.95 bits per heavy atom. The Morgan fingerprint density at radius 1 is 1.21 bits per heavy atom. The first-order valence-corrected chi connectivity index (χ1v) is 6.08. The molecule has 2 aromatic rings. The molecule has 1 heterocycles. The third-order valence-corrected chi connectivity index (χ3v) is 2.82. The van der Waals surface area contributed by atoms with Gasteiger partial charge in [-0.1, -0.05) is 24.3 Å². The van der Waals surface area contributed by atoms with E-state index >= 15 is 0 Å². The van der Waals surface area contributed by atoms with Gasteiger partial charge in [0.25, 0.3) is 0 Å². The molecule has 6 heteroatoms. The van der Waals surface area contributed by atoms with Gasteiger partial charge in [-0.2, -0.15) is 0 Å². The summed E-state index contributed by atoms with van der Waals surface area (Å²) in [5, 5.41) is 10.5. The number of rotatable bonds is 4. The van der Waals surface area contributed by atoms with Gasteiger partial charge in [0.1, 0.15) is 10.7 Å². The minimum absolute atomic E-state index is 0.224. The molecular formula is C13H8BrNO4. The van der Waals surface area contributed by atoms with Gasteiger partial charge in [0.05, 0.1) is 6.07 Å². The molecule has 0 bridgehead atoms. The van der Waals surface area contributed by atoms with Crippen LogP contribution in [0.15, 0.2) is 40.8 Å². The first kappa shape index (κ1) is 13.2. The fraction of sp³-hybridized carbons (Fsp3) is 0. The summed E-state index contributed by atoms with van der Waals surface area (Å²) >= 11 is 2.90. The largest absolute Gasteiger partial charge is 0.433 e. The van der Waals surface area contributed by atoms with Gasteiger partial charge in [-0.15, -0.1) is 0 Å². The predicted octanol–water partition coefficient (Wildman–Crippen LogP) is 3.89. The van der Waals surface area contributed by atoms with E-state index < -0.39 is 4.92 Å². The van der Waals surface area contributed by atoms with E-state index in [1.165, 1.54) is 12.1 Å². The Bertz CT molecular complexity index is 660. The van der Waals surface area contributed by atoms with E-state index in [-0.39, 0.29) is 10.6 Å². The maximum atomic E-state index is 11.3. The van der Waals surface area contributed by atoms with Crippen LogP contribution in [0, 0.1) is 10.1 Å². The van der Waals surface area contributed by atoms with Gasteiger partial charge in [0, 0.05) is 5.56 Å². The minimum atomic E-state index is -0.604. The van der Waals surface area contributed by atoms with Gasteiger partial charge in [-0.05, 0) is 39.7 Å². The molecule has 0 saturated heterocycles. The molecule has 0 radical (unpaired) electrons. The average molecular weight is 322 g/mol. The molecular weight excluding hydrogens is 314 g/mol. The Labute approximate surface area is 116 Å². The zero-order valence-electron chi connectivity index (χ0n) is 9.58. The molecule has 0 aliphatic heterocycles. The third-order valence-electron chi connectivity index (χ3n) is 2.39. The Balaban J connectivity index is 2.27. The second kappa shape index (κ2) is 5.62.